The van der Waals surface area contributed by atoms with Gasteiger partial charge in [0.25, 0.3) is 5.91 Å². The summed E-state index contributed by atoms with van der Waals surface area (Å²) >= 11 is 1.59. The summed E-state index contributed by atoms with van der Waals surface area (Å²) in [7, 11) is 0. The first-order chi connectivity index (χ1) is 15.7. The van der Waals surface area contributed by atoms with Gasteiger partial charge in [-0.3, -0.25) is 4.79 Å². The van der Waals surface area contributed by atoms with Crippen LogP contribution < -0.4 is 5.32 Å². The molecule has 1 unspecified atom stereocenters. The van der Waals surface area contributed by atoms with Gasteiger partial charge in [0.1, 0.15) is 5.69 Å². The Hall–Kier alpha value is -1.93. The van der Waals surface area contributed by atoms with Gasteiger partial charge in [0.05, 0.1) is 5.01 Å². The van der Waals surface area contributed by atoms with Crippen molar-refractivity contribution in [2.75, 3.05) is 26.2 Å². The van der Waals surface area contributed by atoms with Crippen LogP contribution in [0.3, 0.4) is 0 Å². The molecule has 7 nitrogen and oxygen atoms in total. The lowest BCUT2D eigenvalue weighted by atomic mass is 9.85. The molecule has 1 aromatic rings. The highest BCUT2D eigenvalue weighted by atomic mass is 32.1. The second-order valence-corrected chi connectivity index (χ2v) is 10.0. The molecule has 2 amide bonds. The van der Waals surface area contributed by atoms with Crippen molar-refractivity contribution in [3.8, 4) is 0 Å². The molecule has 32 heavy (non-hydrogen) atoms. The van der Waals surface area contributed by atoms with Crippen LogP contribution in [-0.2, 0) is 4.84 Å². The molecule has 0 bridgehead atoms. The minimum atomic E-state index is -0.362. The van der Waals surface area contributed by atoms with Crippen LogP contribution in [0.5, 0.6) is 0 Å². The molecule has 2 saturated heterocycles. The summed E-state index contributed by atoms with van der Waals surface area (Å²) in [5, 5.41) is 7.52. The number of unbranched alkanes of at least 4 members (excludes halogenated alkanes) is 2. The molecule has 0 aromatic carbocycles. The molecule has 0 radical (unpaired) electrons. The van der Waals surface area contributed by atoms with E-state index in [0.29, 0.717) is 37.2 Å². The third-order valence-electron chi connectivity index (χ3n) is 6.83. The first-order valence-corrected chi connectivity index (χ1v) is 13.2. The Balaban J connectivity index is 1.27. The van der Waals surface area contributed by atoms with Crippen LogP contribution in [0.2, 0.25) is 0 Å². The monoisotopic (exact) mass is 460 g/mol. The number of fused-ring (bicyclic) bond motifs is 1. The molecule has 3 aliphatic rings. The smallest absolute Gasteiger partial charge is 0.351 e. The number of nitrogens with zero attached hydrogens (tertiary/aromatic N) is 3. The van der Waals surface area contributed by atoms with E-state index in [1.165, 1.54) is 25.0 Å². The van der Waals surface area contributed by atoms with Crippen LogP contribution >= 0.6 is 11.3 Å². The first kappa shape index (κ1) is 23.2. The molecule has 176 valence electrons. The molecule has 1 aromatic heterocycles. The fourth-order valence-electron chi connectivity index (χ4n) is 5.02. The Bertz CT molecular complexity index is 816. The number of nitrogens with one attached hydrogen (secondary N) is 1. The number of piperidine rings is 2. The largest absolute Gasteiger partial charge is 0.426 e. The minimum Gasteiger partial charge on any atom is -0.351 e. The Morgan fingerprint density at radius 2 is 1.94 bits per heavy atom. The maximum absolute atomic E-state index is 13.2. The second-order valence-electron chi connectivity index (χ2n) is 9.14. The number of carbonyl (C=O) groups excluding carboxylic acids is 2. The molecule has 1 aliphatic carbocycles. The van der Waals surface area contributed by atoms with E-state index in [1.807, 2.05) is 10.3 Å². The van der Waals surface area contributed by atoms with Crippen molar-refractivity contribution < 1.29 is 14.4 Å². The maximum atomic E-state index is 13.2. The summed E-state index contributed by atoms with van der Waals surface area (Å²) < 4.78 is 0. The molecule has 2 aliphatic heterocycles. The van der Waals surface area contributed by atoms with Gasteiger partial charge in [0.15, 0.2) is 0 Å². The van der Waals surface area contributed by atoms with E-state index in [4.69, 9.17) is 9.82 Å². The number of aromatic nitrogens is 1. The van der Waals surface area contributed by atoms with E-state index in [-0.39, 0.29) is 12.0 Å². The van der Waals surface area contributed by atoms with Gasteiger partial charge >= 0.3 is 6.09 Å². The quantitative estimate of drug-likeness (QED) is 0.575. The summed E-state index contributed by atoms with van der Waals surface area (Å²) in [4.78, 5) is 37.3. The van der Waals surface area contributed by atoms with E-state index in [0.717, 1.165) is 56.5 Å². The predicted molar refractivity (Wildman–Crippen MR) is 125 cm³/mol. The highest BCUT2D eigenvalue weighted by molar-refractivity contribution is 7.09. The van der Waals surface area contributed by atoms with Gasteiger partial charge < -0.3 is 15.1 Å². The predicted octanol–water partition coefficient (Wildman–Crippen LogP) is 5.07. The molecule has 0 saturated carbocycles. The van der Waals surface area contributed by atoms with E-state index >= 15 is 0 Å². The molecular weight excluding hydrogens is 424 g/mol. The van der Waals surface area contributed by atoms with Crippen molar-refractivity contribution in [3.63, 3.8) is 0 Å². The molecule has 0 spiro atoms. The van der Waals surface area contributed by atoms with Gasteiger partial charge in [-0.25, -0.2) is 9.78 Å². The number of allylic oxidation sites excluding steroid dienone is 2. The van der Waals surface area contributed by atoms with Crippen LogP contribution in [0.4, 0.5) is 4.79 Å². The van der Waals surface area contributed by atoms with Crippen molar-refractivity contribution in [1.82, 2.24) is 20.3 Å². The topological polar surface area (TPSA) is 74.8 Å². The van der Waals surface area contributed by atoms with Crippen molar-refractivity contribution in [3.05, 3.63) is 27.9 Å². The zero-order valence-corrected chi connectivity index (χ0v) is 20.0. The van der Waals surface area contributed by atoms with Crippen LogP contribution in [0.1, 0.15) is 92.5 Å². The number of hydroxylamine groups is 2. The zero-order chi connectivity index (χ0) is 22.3. The van der Waals surface area contributed by atoms with Crippen LogP contribution in [0.25, 0.3) is 0 Å². The lowest BCUT2D eigenvalue weighted by Crippen LogP contribution is -2.39. The molecule has 1 atom stereocenters. The Kier molecular flexibility index (Phi) is 8.19. The van der Waals surface area contributed by atoms with E-state index < -0.39 is 0 Å². The number of thiazole rings is 1. The van der Waals surface area contributed by atoms with Crippen LogP contribution in [0, 0.1) is 5.92 Å². The summed E-state index contributed by atoms with van der Waals surface area (Å²) in [6.07, 6.45) is 12.7. The number of hydrogen-bond donors (Lipinski definition) is 1. The molecule has 8 heteroatoms. The molecular formula is C24H36N4O3S. The SMILES string of the molecule is CCCCCNC(=O)ON1CCC(c2nc(C(=O)N3CCCC4CCCC=C43)cs2)CC1. The standard InChI is InChI=1S/C24H36N4O3S/c1-2-3-6-13-25-24(30)31-27-15-11-19(12-16-27)22-26-20(17-32-22)23(29)28-14-7-9-18-8-4-5-10-21(18)28/h10,17-19H,2-9,11-16H2,1H3,(H,25,30). The number of carbonyl (C=O) groups is 2. The fourth-order valence-corrected chi connectivity index (χ4v) is 5.98. The highest BCUT2D eigenvalue weighted by Gasteiger charge is 2.32. The Morgan fingerprint density at radius 1 is 1.12 bits per heavy atom. The van der Waals surface area contributed by atoms with Gasteiger partial charge in [-0.2, -0.15) is 0 Å². The van der Waals surface area contributed by atoms with Gasteiger partial charge in [0, 0.05) is 43.2 Å². The zero-order valence-electron chi connectivity index (χ0n) is 19.2. The third kappa shape index (κ3) is 5.70. The lowest BCUT2D eigenvalue weighted by molar-refractivity contribution is -0.113. The number of amides is 2. The molecule has 1 N–H and O–H groups in total. The maximum Gasteiger partial charge on any atom is 0.426 e. The lowest BCUT2D eigenvalue weighted by Gasteiger charge is -2.37. The van der Waals surface area contributed by atoms with E-state index in [2.05, 4.69) is 18.3 Å². The highest BCUT2D eigenvalue weighted by Crippen LogP contribution is 2.36. The summed E-state index contributed by atoms with van der Waals surface area (Å²) in [5.74, 6) is 0.926. The van der Waals surface area contributed by atoms with Crippen molar-refractivity contribution in [2.24, 2.45) is 5.92 Å². The first-order valence-electron chi connectivity index (χ1n) is 12.3. The Morgan fingerprint density at radius 3 is 2.75 bits per heavy atom. The van der Waals surface area contributed by atoms with E-state index in [1.54, 1.807) is 16.4 Å². The van der Waals surface area contributed by atoms with Crippen LogP contribution in [-0.4, -0.2) is 53.1 Å². The van der Waals surface area contributed by atoms with Gasteiger partial charge in [-0.15, -0.1) is 16.4 Å². The van der Waals surface area contributed by atoms with Gasteiger partial charge in [0.2, 0.25) is 0 Å². The molecule has 3 heterocycles. The summed E-state index contributed by atoms with van der Waals surface area (Å²) in [6.45, 7) is 4.99. The summed E-state index contributed by atoms with van der Waals surface area (Å²) in [6, 6.07) is 0. The third-order valence-corrected chi connectivity index (χ3v) is 7.83. The van der Waals surface area contributed by atoms with Gasteiger partial charge in [-0.1, -0.05) is 25.8 Å². The minimum absolute atomic E-state index is 0.0610. The number of likely N-dealkylation sites (tertiary alicyclic amines) is 1. The number of rotatable bonds is 7. The average Bonchev–Trinajstić information content (AvgIpc) is 3.32. The Labute approximate surface area is 195 Å². The van der Waals surface area contributed by atoms with Crippen molar-refractivity contribution in [1.29, 1.82) is 0 Å². The second kappa shape index (κ2) is 11.3. The molecule has 4 rings (SSSR count). The average molecular weight is 461 g/mol. The van der Waals surface area contributed by atoms with Gasteiger partial charge in [-0.05, 0) is 57.3 Å². The van der Waals surface area contributed by atoms with Crippen LogP contribution in [0.15, 0.2) is 17.2 Å². The summed E-state index contributed by atoms with van der Waals surface area (Å²) in [5.41, 5.74) is 1.82. The normalized spacial score (nSPS) is 22.2. The van der Waals surface area contributed by atoms with E-state index in [9.17, 15) is 9.59 Å². The van der Waals surface area contributed by atoms with Crippen molar-refractivity contribution in [2.45, 2.75) is 77.0 Å². The fraction of sp³-hybridized carbons (Fsp3) is 0.708. The number of hydrogen-bond acceptors (Lipinski definition) is 6. The molecule has 2 fully saturated rings. The van der Waals surface area contributed by atoms with Crippen molar-refractivity contribution >= 4 is 23.3 Å².